The Balaban J connectivity index is 1.52. The fourth-order valence-corrected chi connectivity index (χ4v) is 5.28. The summed E-state index contributed by atoms with van der Waals surface area (Å²) in [6, 6.07) is 24.0. The van der Waals surface area contributed by atoms with Gasteiger partial charge in [-0.1, -0.05) is 40.2 Å². The summed E-state index contributed by atoms with van der Waals surface area (Å²) in [6.07, 6.45) is 1.81. The Bertz CT molecular complexity index is 1310. The average Bonchev–Trinajstić information content (AvgIpc) is 3.45. The molecule has 1 aliphatic rings. The van der Waals surface area contributed by atoms with E-state index in [1.54, 1.807) is 13.3 Å². The molecule has 172 valence electrons. The molecule has 34 heavy (non-hydrogen) atoms. The number of nitrogens with one attached hydrogen (secondary N) is 1. The smallest absolute Gasteiger partial charge is 0.170 e. The van der Waals surface area contributed by atoms with Crippen molar-refractivity contribution in [3.05, 3.63) is 106 Å². The van der Waals surface area contributed by atoms with Gasteiger partial charge in [-0.15, -0.1) is 0 Å². The third-order valence-electron chi connectivity index (χ3n) is 6.02. The molecule has 0 bridgehead atoms. The zero-order valence-corrected chi connectivity index (χ0v) is 21.3. The summed E-state index contributed by atoms with van der Waals surface area (Å²) >= 11 is 9.47. The monoisotopic (exact) mass is 533 g/mol. The van der Waals surface area contributed by atoms with Crippen LogP contribution in [0, 0.1) is 6.92 Å². The van der Waals surface area contributed by atoms with Gasteiger partial charge in [0.1, 0.15) is 23.3 Å². The number of benzene rings is 2. The lowest BCUT2D eigenvalue weighted by Crippen LogP contribution is -2.29. The van der Waals surface area contributed by atoms with Crippen LogP contribution >= 0.6 is 28.1 Å². The topological polar surface area (TPSA) is 50.5 Å². The predicted octanol–water partition coefficient (Wildman–Crippen LogP) is 6.59. The van der Waals surface area contributed by atoms with Crippen LogP contribution in [0.4, 0.5) is 0 Å². The first-order valence-electron chi connectivity index (χ1n) is 11.0. The van der Waals surface area contributed by atoms with Crippen molar-refractivity contribution in [3.63, 3.8) is 0 Å². The maximum atomic E-state index is 6.46. The molecule has 2 aromatic heterocycles. The van der Waals surface area contributed by atoms with Gasteiger partial charge in [0.05, 0.1) is 18.8 Å². The molecule has 0 saturated carbocycles. The van der Waals surface area contributed by atoms with Gasteiger partial charge in [0.15, 0.2) is 5.11 Å². The molecule has 0 aliphatic carbocycles. The van der Waals surface area contributed by atoms with Gasteiger partial charge in [-0.25, -0.2) is 0 Å². The number of pyridine rings is 1. The molecule has 7 heteroatoms. The van der Waals surface area contributed by atoms with Gasteiger partial charge in [0.2, 0.25) is 0 Å². The second-order valence-electron chi connectivity index (χ2n) is 8.29. The van der Waals surface area contributed by atoms with Crippen LogP contribution in [0.15, 0.2) is 87.9 Å². The molecule has 0 amide bonds. The second-order valence-corrected chi connectivity index (χ2v) is 9.53. The van der Waals surface area contributed by atoms with Crippen LogP contribution in [-0.2, 0) is 6.54 Å². The Morgan fingerprint density at radius 3 is 2.62 bits per heavy atom. The number of thiocarbonyl (C=S) groups is 1. The largest absolute Gasteiger partial charge is 0.497 e. The summed E-state index contributed by atoms with van der Waals surface area (Å²) in [5.74, 6) is 2.47. The van der Waals surface area contributed by atoms with Crippen LogP contribution < -0.4 is 10.1 Å². The maximum absolute atomic E-state index is 6.46. The molecule has 1 aliphatic heterocycles. The van der Waals surface area contributed by atoms with Crippen LogP contribution in [-0.4, -0.2) is 22.1 Å². The molecule has 5 rings (SSSR count). The van der Waals surface area contributed by atoms with Gasteiger partial charge in [-0.2, -0.15) is 0 Å². The molecule has 0 spiro atoms. The average molecular weight is 534 g/mol. The van der Waals surface area contributed by atoms with E-state index >= 15 is 0 Å². The first kappa shape index (κ1) is 22.6. The Kier molecular flexibility index (Phi) is 6.39. The summed E-state index contributed by atoms with van der Waals surface area (Å²) in [5.41, 5.74) is 4.25. The number of hydrogen-bond donors (Lipinski definition) is 1. The molecule has 3 heterocycles. The van der Waals surface area contributed by atoms with E-state index in [1.807, 2.05) is 42.5 Å². The van der Waals surface area contributed by atoms with Crippen molar-refractivity contribution in [2.45, 2.75) is 25.6 Å². The van der Waals surface area contributed by atoms with Gasteiger partial charge in [0, 0.05) is 22.8 Å². The van der Waals surface area contributed by atoms with E-state index in [1.165, 1.54) is 5.56 Å². The van der Waals surface area contributed by atoms with Crippen molar-refractivity contribution in [2.75, 3.05) is 7.11 Å². The van der Waals surface area contributed by atoms with Crippen molar-refractivity contribution in [2.24, 2.45) is 0 Å². The van der Waals surface area contributed by atoms with Gasteiger partial charge in [0.25, 0.3) is 0 Å². The Hall–Kier alpha value is -3.16. The molecular formula is C27H24BrN3O2S. The van der Waals surface area contributed by atoms with Crippen LogP contribution in [0.25, 0.3) is 11.3 Å². The number of furan rings is 1. The first-order chi connectivity index (χ1) is 16.5. The lowest BCUT2D eigenvalue weighted by molar-refractivity contribution is 0.269. The Morgan fingerprint density at radius 1 is 1.09 bits per heavy atom. The van der Waals surface area contributed by atoms with Crippen molar-refractivity contribution in [1.82, 2.24) is 15.2 Å². The molecule has 5 nitrogen and oxygen atoms in total. The predicted molar refractivity (Wildman–Crippen MR) is 141 cm³/mol. The minimum absolute atomic E-state index is 0.132. The highest BCUT2D eigenvalue weighted by Crippen LogP contribution is 2.42. The molecule has 1 N–H and O–H groups in total. The standard InChI is InChI=1S/C27H24BrN3O2S/c1-17-6-11-20(21(28)15-17)23-12-13-24(33-23)26-25(22-5-3-4-14-29-22)30-27(34)31(26)16-18-7-9-19(32-2)10-8-18/h3-15,25-26H,16H2,1-2H3,(H,30,34)/t25-,26+/m1/s1. The van der Waals surface area contributed by atoms with E-state index in [0.29, 0.717) is 11.7 Å². The fraction of sp³-hybridized carbons (Fsp3) is 0.185. The lowest BCUT2D eigenvalue weighted by Gasteiger charge is -2.26. The Labute approximate surface area is 212 Å². The third-order valence-corrected chi connectivity index (χ3v) is 7.03. The zero-order valence-electron chi connectivity index (χ0n) is 18.9. The van der Waals surface area contributed by atoms with Crippen molar-refractivity contribution in [1.29, 1.82) is 0 Å². The minimum atomic E-state index is -0.150. The highest BCUT2D eigenvalue weighted by atomic mass is 79.9. The van der Waals surface area contributed by atoms with Gasteiger partial charge in [-0.05, 0) is 78.8 Å². The van der Waals surface area contributed by atoms with E-state index in [2.05, 4.69) is 68.4 Å². The summed E-state index contributed by atoms with van der Waals surface area (Å²) in [6.45, 7) is 2.70. The number of hydrogen-bond acceptors (Lipinski definition) is 4. The zero-order chi connectivity index (χ0) is 23.7. The lowest BCUT2D eigenvalue weighted by atomic mass is 10.0. The van der Waals surface area contributed by atoms with Crippen LogP contribution in [0.2, 0.25) is 0 Å². The molecule has 0 unspecified atom stereocenters. The molecule has 4 aromatic rings. The number of rotatable bonds is 6. The van der Waals surface area contributed by atoms with Gasteiger partial charge in [-0.3, -0.25) is 4.98 Å². The third kappa shape index (κ3) is 4.45. The van der Waals surface area contributed by atoms with E-state index < -0.39 is 0 Å². The van der Waals surface area contributed by atoms with Gasteiger partial charge >= 0.3 is 0 Å². The number of aryl methyl sites for hydroxylation is 1. The molecule has 1 saturated heterocycles. The van der Waals surface area contributed by atoms with E-state index in [9.17, 15) is 0 Å². The van der Waals surface area contributed by atoms with Crippen LogP contribution in [0.5, 0.6) is 5.75 Å². The number of methoxy groups -OCH3 is 1. The van der Waals surface area contributed by atoms with Crippen molar-refractivity contribution < 1.29 is 9.15 Å². The van der Waals surface area contributed by atoms with E-state index in [4.69, 9.17) is 21.4 Å². The summed E-state index contributed by atoms with van der Waals surface area (Å²) in [5, 5.41) is 4.15. The second kappa shape index (κ2) is 9.60. The molecule has 2 atom stereocenters. The molecule has 2 aromatic carbocycles. The first-order valence-corrected chi connectivity index (χ1v) is 12.2. The normalized spacial score (nSPS) is 17.6. The summed E-state index contributed by atoms with van der Waals surface area (Å²) in [4.78, 5) is 6.78. The van der Waals surface area contributed by atoms with Gasteiger partial charge < -0.3 is 19.4 Å². The number of nitrogens with zero attached hydrogens (tertiary/aromatic N) is 2. The fourth-order valence-electron chi connectivity index (χ4n) is 4.29. The Morgan fingerprint density at radius 2 is 1.91 bits per heavy atom. The SMILES string of the molecule is COc1ccc(CN2C(=S)N[C@H](c3ccccn3)[C@@H]2c2ccc(-c3ccc(C)cc3Br)o2)cc1. The minimum Gasteiger partial charge on any atom is -0.497 e. The molecule has 1 fully saturated rings. The molecular weight excluding hydrogens is 510 g/mol. The van der Waals surface area contributed by atoms with Crippen molar-refractivity contribution in [3.8, 4) is 17.1 Å². The van der Waals surface area contributed by atoms with Crippen molar-refractivity contribution >= 4 is 33.3 Å². The summed E-state index contributed by atoms with van der Waals surface area (Å²) in [7, 11) is 1.67. The van der Waals surface area contributed by atoms with Crippen LogP contribution in [0.1, 0.15) is 34.7 Å². The maximum Gasteiger partial charge on any atom is 0.170 e. The number of aromatic nitrogens is 1. The quantitative estimate of drug-likeness (QED) is 0.282. The summed E-state index contributed by atoms with van der Waals surface area (Å²) < 4.78 is 12.8. The number of ether oxygens (including phenoxy) is 1. The number of halogens is 1. The highest BCUT2D eigenvalue weighted by Gasteiger charge is 2.41. The highest BCUT2D eigenvalue weighted by molar-refractivity contribution is 9.10. The van der Waals surface area contributed by atoms with E-state index in [-0.39, 0.29) is 12.1 Å². The van der Waals surface area contributed by atoms with E-state index in [0.717, 1.165) is 38.6 Å². The van der Waals surface area contributed by atoms with Crippen LogP contribution in [0.3, 0.4) is 0 Å². The molecule has 0 radical (unpaired) electrons.